The first kappa shape index (κ1) is 15.0. The number of aromatic nitrogens is 2. The number of nitrogens with zero attached hydrogens (tertiary/aromatic N) is 2. The van der Waals surface area contributed by atoms with Crippen LogP contribution in [0.25, 0.3) is 11.0 Å². The first-order chi connectivity index (χ1) is 11.6. The number of fused-ring (bicyclic) bond motifs is 1. The highest BCUT2D eigenvalue weighted by Gasteiger charge is 2.28. The summed E-state index contributed by atoms with van der Waals surface area (Å²) in [5.41, 5.74) is 3.64. The highest BCUT2D eigenvalue weighted by Crippen LogP contribution is 2.25. The van der Waals surface area contributed by atoms with Crippen LogP contribution in [0.4, 0.5) is 11.6 Å². The van der Waals surface area contributed by atoms with Crippen molar-refractivity contribution in [3.8, 4) is 0 Å². The molecule has 0 saturated carbocycles. The monoisotopic (exact) mass is 342 g/mol. The quantitative estimate of drug-likeness (QED) is 0.764. The summed E-state index contributed by atoms with van der Waals surface area (Å²) in [6, 6.07) is 15.5. The van der Waals surface area contributed by atoms with Crippen LogP contribution in [0.1, 0.15) is 12.0 Å². The molecule has 24 heavy (non-hydrogen) atoms. The van der Waals surface area contributed by atoms with Crippen LogP contribution in [0.5, 0.6) is 0 Å². The summed E-state index contributed by atoms with van der Waals surface area (Å²) in [4.78, 5) is 7.70. The molecule has 0 unspecified atom stereocenters. The fraction of sp³-hybridized carbons (Fsp3) is 0.235. The van der Waals surface area contributed by atoms with Crippen molar-refractivity contribution in [3.63, 3.8) is 0 Å². The largest absolute Gasteiger partial charge is 0.352 e. The molecule has 0 spiro atoms. The van der Waals surface area contributed by atoms with Gasteiger partial charge >= 0.3 is 0 Å². The molecule has 1 saturated heterocycles. The number of rotatable bonds is 4. The smallest absolute Gasteiger partial charge is 0.235 e. The average Bonchev–Trinajstić information content (AvgIpc) is 3.15. The van der Waals surface area contributed by atoms with Crippen molar-refractivity contribution >= 4 is 32.7 Å². The molecule has 0 radical (unpaired) electrons. The number of anilines is 2. The van der Waals surface area contributed by atoms with Crippen LogP contribution in [0.3, 0.4) is 0 Å². The summed E-state index contributed by atoms with van der Waals surface area (Å²) < 4.78 is 25.6. The van der Waals surface area contributed by atoms with Gasteiger partial charge in [-0.05, 0) is 36.2 Å². The lowest BCUT2D eigenvalue weighted by Gasteiger charge is -2.17. The van der Waals surface area contributed by atoms with E-state index in [0.29, 0.717) is 25.5 Å². The maximum atomic E-state index is 12.0. The van der Waals surface area contributed by atoms with Gasteiger partial charge in [0.2, 0.25) is 16.0 Å². The number of hydrogen-bond donors (Lipinski definition) is 2. The Bertz CT molecular complexity index is 948. The molecule has 2 heterocycles. The van der Waals surface area contributed by atoms with Crippen molar-refractivity contribution in [2.24, 2.45) is 0 Å². The van der Waals surface area contributed by atoms with E-state index in [1.54, 1.807) is 0 Å². The predicted molar refractivity (Wildman–Crippen MR) is 95.6 cm³/mol. The molecule has 124 valence electrons. The highest BCUT2D eigenvalue weighted by molar-refractivity contribution is 7.93. The lowest BCUT2D eigenvalue weighted by Crippen LogP contribution is -2.25. The van der Waals surface area contributed by atoms with Gasteiger partial charge in [-0.25, -0.2) is 13.4 Å². The van der Waals surface area contributed by atoms with Crippen molar-refractivity contribution in [2.45, 2.75) is 13.0 Å². The molecule has 6 nitrogen and oxygen atoms in total. The van der Waals surface area contributed by atoms with Gasteiger partial charge in [0.15, 0.2) is 0 Å². The second-order valence-corrected chi connectivity index (χ2v) is 7.88. The van der Waals surface area contributed by atoms with E-state index >= 15 is 0 Å². The lowest BCUT2D eigenvalue weighted by atomic mass is 10.2. The molecular weight excluding hydrogens is 324 g/mol. The Hall–Kier alpha value is -2.54. The van der Waals surface area contributed by atoms with Crippen molar-refractivity contribution in [2.75, 3.05) is 21.9 Å². The van der Waals surface area contributed by atoms with Crippen molar-refractivity contribution in [1.82, 2.24) is 9.97 Å². The lowest BCUT2D eigenvalue weighted by molar-refractivity contribution is 0.599. The molecule has 0 atom stereocenters. The van der Waals surface area contributed by atoms with E-state index in [2.05, 4.69) is 15.3 Å². The zero-order valence-electron chi connectivity index (χ0n) is 13.1. The van der Waals surface area contributed by atoms with Crippen molar-refractivity contribution in [1.29, 1.82) is 0 Å². The van der Waals surface area contributed by atoms with Gasteiger partial charge in [0.25, 0.3) is 0 Å². The molecule has 3 aromatic rings. The number of H-pyrrole nitrogens is 1. The van der Waals surface area contributed by atoms with Crippen LogP contribution in [-0.2, 0) is 16.6 Å². The van der Waals surface area contributed by atoms with E-state index in [1.807, 2.05) is 48.5 Å². The van der Waals surface area contributed by atoms with E-state index in [4.69, 9.17) is 0 Å². The third kappa shape index (κ3) is 2.82. The van der Waals surface area contributed by atoms with Crippen LogP contribution in [0.2, 0.25) is 0 Å². The third-order valence-corrected chi connectivity index (χ3v) is 6.02. The third-order valence-electron chi connectivity index (χ3n) is 4.15. The Morgan fingerprint density at radius 3 is 2.83 bits per heavy atom. The number of sulfonamides is 1. The van der Waals surface area contributed by atoms with E-state index in [9.17, 15) is 8.42 Å². The summed E-state index contributed by atoms with van der Waals surface area (Å²) in [6.07, 6.45) is 0.684. The Morgan fingerprint density at radius 2 is 2.04 bits per heavy atom. The molecule has 1 aliphatic heterocycles. The van der Waals surface area contributed by atoms with E-state index < -0.39 is 10.0 Å². The molecule has 1 fully saturated rings. The van der Waals surface area contributed by atoms with Crippen LogP contribution >= 0.6 is 0 Å². The molecule has 0 amide bonds. The summed E-state index contributed by atoms with van der Waals surface area (Å²) in [5, 5.41) is 3.25. The number of nitrogens with one attached hydrogen (secondary N) is 2. The average molecular weight is 342 g/mol. The van der Waals surface area contributed by atoms with Gasteiger partial charge in [-0.15, -0.1) is 0 Å². The zero-order valence-corrected chi connectivity index (χ0v) is 13.9. The summed E-state index contributed by atoms with van der Waals surface area (Å²) in [6.45, 7) is 1.13. The summed E-state index contributed by atoms with van der Waals surface area (Å²) >= 11 is 0. The summed E-state index contributed by atoms with van der Waals surface area (Å²) in [5.74, 6) is 0.935. The Kier molecular flexibility index (Phi) is 3.65. The highest BCUT2D eigenvalue weighted by atomic mass is 32.2. The minimum atomic E-state index is -3.15. The van der Waals surface area contributed by atoms with Gasteiger partial charge in [-0.2, -0.15) is 0 Å². The number of aromatic amines is 1. The SMILES string of the molecule is O=S1(=O)CCCN1c1cccc(CNc2nc3ccccc3[nH]2)c1. The number of hydrogen-bond acceptors (Lipinski definition) is 4. The minimum Gasteiger partial charge on any atom is -0.352 e. The predicted octanol–water partition coefficient (Wildman–Crippen LogP) is 2.71. The van der Waals surface area contributed by atoms with E-state index in [1.165, 1.54) is 4.31 Å². The Morgan fingerprint density at radius 1 is 1.17 bits per heavy atom. The zero-order chi connectivity index (χ0) is 16.6. The molecule has 7 heteroatoms. The second kappa shape index (κ2) is 5.83. The topological polar surface area (TPSA) is 78.1 Å². The van der Waals surface area contributed by atoms with E-state index in [-0.39, 0.29) is 5.75 Å². The van der Waals surface area contributed by atoms with Crippen molar-refractivity contribution in [3.05, 3.63) is 54.1 Å². The first-order valence-electron chi connectivity index (χ1n) is 7.90. The Labute approximate surface area is 140 Å². The number of para-hydroxylation sites is 2. The molecule has 4 rings (SSSR count). The Balaban J connectivity index is 1.52. The van der Waals surface area contributed by atoms with Crippen LogP contribution in [-0.4, -0.2) is 30.7 Å². The van der Waals surface area contributed by atoms with Gasteiger partial charge in [0.1, 0.15) is 0 Å². The molecule has 1 aliphatic rings. The number of imidazole rings is 1. The molecule has 0 bridgehead atoms. The van der Waals surface area contributed by atoms with Gasteiger partial charge in [-0.1, -0.05) is 24.3 Å². The maximum Gasteiger partial charge on any atom is 0.235 e. The summed E-state index contributed by atoms with van der Waals surface area (Å²) in [7, 11) is -3.15. The van der Waals surface area contributed by atoms with Crippen molar-refractivity contribution < 1.29 is 8.42 Å². The molecule has 1 aromatic heterocycles. The van der Waals surface area contributed by atoms with E-state index in [0.717, 1.165) is 22.3 Å². The molecule has 0 aliphatic carbocycles. The maximum absolute atomic E-state index is 12.0. The van der Waals surface area contributed by atoms with Crippen LogP contribution in [0.15, 0.2) is 48.5 Å². The molecule has 2 N–H and O–H groups in total. The molecular formula is C17H18N4O2S. The second-order valence-electron chi connectivity index (χ2n) is 5.87. The number of benzene rings is 2. The normalized spacial score (nSPS) is 16.6. The standard InChI is InChI=1S/C17H18N4O2S/c22-24(23)10-4-9-21(24)14-6-3-5-13(11-14)12-18-17-19-15-7-1-2-8-16(15)20-17/h1-3,5-8,11H,4,9-10,12H2,(H2,18,19,20). The van der Waals surface area contributed by atoms with Crippen LogP contribution in [0, 0.1) is 0 Å². The fourth-order valence-corrected chi connectivity index (χ4v) is 4.53. The minimum absolute atomic E-state index is 0.231. The first-order valence-corrected chi connectivity index (χ1v) is 9.51. The fourth-order valence-electron chi connectivity index (χ4n) is 2.97. The van der Waals surface area contributed by atoms with Gasteiger partial charge < -0.3 is 10.3 Å². The van der Waals surface area contributed by atoms with Gasteiger partial charge in [-0.3, -0.25) is 4.31 Å². The molecule has 2 aromatic carbocycles. The van der Waals surface area contributed by atoms with Crippen LogP contribution < -0.4 is 9.62 Å². The van der Waals surface area contributed by atoms with Gasteiger partial charge in [0.05, 0.1) is 22.5 Å². The van der Waals surface area contributed by atoms with Gasteiger partial charge in [0, 0.05) is 13.1 Å².